The van der Waals surface area contributed by atoms with Gasteiger partial charge in [-0.05, 0) is 52.0 Å². The number of carbonyl (C=O) groups is 1. The molecular formula is C12H8BrClFNOS. The Morgan fingerprint density at radius 3 is 2.78 bits per heavy atom. The van der Waals surface area contributed by atoms with Crippen molar-refractivity contribution in [3.05, 3.63) is 49.3 Å². The van der Waals surface area contributed by atoms with Crippen molar-refractivity contribution in [2.75, 3.05) is 5.32 Å². The maximum Gasteiger partial charge on any atom is 0.267 e. The molecule has 0 spiro atoms. The van der Waals surface area contributed by atoms with Gasteiger partial charge in [0, 0.05) is 5.69 Å². The summed E-state index contributed by atoms with van der Waals surface area (Å²) in [5.41, 5.74) is 1.25. The minimum Gasteiger partial charge on any atom is -0.321 e. The number of thiophene rings is 1. The van der Waals surface area contributed by atoms with Crippen molar-refractivity contribution in [2.45, 2.75) is 6.92 Å². The van der Waals surface area contributed by atoms with E-state index in [4.69, 9.17) is 11.6 Å². The number of hydrogen-bond acceptors (Lipinski definition) is 2. The number of aryl methyl sites for hydroxylation is 1. The highest BCUT2D eigenvalue weighted by atomic mass is 79.9. The van der Waals surface area contributed by atoms with Crippen LogP contribution in [0.4, 0.5) is 10.1 Å². The summed E-state index contributed by atoms with van der Waals surface area (Å²) in [5.74, 6) is -0.763. The summed E-state index contributed by atoms with van der Waals surface area (Å²) in [6, 6.07) is 4.39. The average molecular weight is 349 g/mol. The van der Waals surface area contributed by atoms with Crippen molar-refractivity contribution in [3.8, 4) is 0 Å². The quantitative estimate of drug-likeness (QED) is 0.824. The lowest BCUT2D eigenvalue weighted by atomic mass is 10.3. The van der Waals surface area contributed by atoms with Gasteiger partial charge in [-0.1, -0.05) is 11.6 Å². The Morgan fingerprint density at radius 1 is 1.50 bits per heavy atom. The molecule has 1 heterocycles. The fourth-order valence-corrected chi connectivity index (χ4v) is 2.77. The summed E-state index contributed by atoms with van der Waals surface area (Å²) >= 11 is 10.3. The van der Waals surface area contributed by atoms with Crippen LogP contribution in [0.2, 0.25) is 5.02 Å². The predicted octanol–water partition coefficient (Wildman–Crippen LogP) is 4.86. The lowest BCUT2D eigenvalue weighted by molar-refractivity contribution is 0.103. The lowest BCUT2D eigenvalue weighted by Gasteiger charge is -2.05. The van der Waals surface area contributed by atoms with Crippen LogP contribution in [-0.2, 0) is 0 Å². The van der Waals surface area contributed by atoms with Gasteiger partial charge < -0.3 is 5.32 Å². The molecule has 2 nitrogen and oxygen atoms in total. The molecule has 18 heavy (non-hydrogen) atoms. The largest absolute Gasteiger partial charge is 0.321 e. The zero-order chi connectivity index (χ0) is 13.3. The molecule has 0 unspecified atom stereocenters. The molecule has 1 aromatic carbocycles. The van der Waals surface area contributed by atoms with Gasteiger partial charge in [0.1, 0.15) is 10.7 Å². The molecule has 0 aliphatic carbocycles. The van der Waals surface area contributed by atoms with Crippen LogP contribution in [0.5, 0.6) is 0 Å². The van der Waals surface area contributed by atoms with Gasteiger partial charge in [-0.2, -0.15) is 0 Å². The minimum absolute atomic E-state index is 0.333. The zero-order valence-electron chi connectivity index (χ0n) is 9.26. The van der Waals surface area contributed by atoms with E-state index < -0.39 is 5.82 Å². The van der Waals surface area contributed by atoms with Gasteiger partial charge in [-0.15, -0.1) is 11.3 Å². The Balaban J connectivity index is 2.21. The number of nitrogens with one attached hydrogen (secondary N) is 1. The number of benzene rings is 1. The summed E-state index contributed by atoms with van der Waals surface area (Å²) in [7, 11) is 0. The number of amides is 1. The van der Waals surface area contributed by atoms with Crippen LogP contribution in [0, 0.1) is 12.7 Å². The van der Waals surface area contributed by atoms with E-state index in [2.05, 4.69) is 21.2 Å². The first-order valence-corrected chi connectivity index (χ1v) is 7.04. The fourth-order valence-electron chi connectivity index (χ4n) is 1.34. The second-order valence-corrected chi connectivity index (χ2v) is 5.76. The van der Waals surface area contributed by atoms with Crippen molar-refractivity contribution in [1.29, 1.82) is 0 Å². The predicted molar refractivity (Wildman–Crippen MR) is 76.1 cm³/mol. The molecule has 0 aliphatic rings. The molecule has 1 aromatic heterocycles. The average Bonchev–Trinajstić information content (AvgIpc) is 2.65. The van der Waals surface area contributed by atoms with Gasteiger partial charge in [0.2, 0.25) is 0 Å². The van der Waals surface area contributed by atoms with Gasteiger partial charge in [0.15, 0.2) is 0 Å². The minimum atomic E-state index is -0.429. The normalized spacial score (nSPS) is 10.4. The van der Waals surface area contributed by atoms with Gasteiger partial charge in [0.25, 0.3) is 5.91 Å². The maximum absolute atomic E-state index is 13.3. The van der Waals surface area contributed by atoms with E-state index >= 15 is 0 Å². The second-order valence-electron chi connectivity index (χ2n) is 3.64. The molecule has 0 bridgehead atoms. The Bertz CT molecular complexity index is 614. The van der Waals surface area contributed by atoms with Crippen LogP contribution in [-0.4, -0.2) is 5.91 Å². The monoisotopic (exact) mass is 347 g/mol. The molecule has 2 rings (SSSR count). The van der Waals surface area contributed by atoms with Gasteiger partial charge >= 0.3 is 0 Å². The van der Waals surface area contributed by atoms with E-state index in [1.807, 2.05) is 6.92 Å². The van der Waals surface area contributed by atoms with E-state index in [-0.39, 0.29) is 5.91 Å². The van der Waals surface area contributed by atoms with Crippen LogP contribution in [0.1, 0.15) is 15.2 Å². The third kappa shape index (κ3) is 2.74. The molecule has 0 saturated carbocycles. The standard InChI is InChI=1S/C12H8BrClFNOS/c1-6-5-18-11(10(6)14)12(17)16-7-2-3-8(13)9(15)4-7/h2-5H,1H3,(H,16,17). The molecule has 0 atom stereocenters. The summed E-state index contributed by atoms with van der Waals surface area (Å²) in [6.45, 7) is 1.83. The molecule has 0 saturated heterocycles. The zero-order valence-corrected chi connectivity index (χ0v) is 12.4. The van der Waals surface area contributed by atoms with E-state index in [0.717, 1.165) is 5.56 Å². The molecule has 0 radical (unpaired) electrons. The number of hydrogen-bond donors (Lipinski definition) is 1. The third-order valence-corrected chi connectivity index (χ3v) is 4.62. The molecule has 2 aromatic rings. The highest BCUT2D eigenvalue weighted by molar-refractivity contribution is 9.10. The molecule has 0 aliphatic heterocycles. The molecule has 0 fully saturated rings. The van der Waals surface area contributed by atoms with Crippen molar-refractivity contribution < 1.29 is 9.18 Å². The number of rotatable bonds is 2. The Hall–Kier alpha value is -0.910. The van der Waals surface area contributed by atoms with Crippen molar-refractivity contribution in [3.63, 3.8) is 0 Å². The topological polar surface area (TPSA) is 29.1 Å². The lowest BCUT2D eigenvalue weighted by Crippen LogP contribution is -2.10. The third-order valence-electron chi connectivity index (χ3n) is 2.28. The van der Waals surface area contributed by atoms with E-state index in [1.165, 1.54) is 23.5 Å². The Kier molecular flexibility index (Phi) is 4.04. The van der Waals surface area contributed by atoms with Gasteiger partial charge in [-0.25, -0.2) is 4.39 Å². The first kappa shape index (κ1) is 13.5. The highest BCUT2D eigenvalue weighted by Gasteiger charge is 2.15. The number of halogens is 3. The Morgan fingerprint density at radius 2 is 2.22 bits per heavy atom. The first-order valence-electron chi connectivity index (χ1n) is 4.99. The maximum atomic E-state index is 13.3. The van der Waals surface area contributed by atoms with Gasteiger partial charge in [0.05, 0.1) is 9.50 Å². The smallest absolute Gasteiger partial charge is 0.267 e. The van der Waals surface area contributed by atoms with Crippen LogP contribution in [0.25, 0.3) is 0 Å². The fraction of sp³-hybridized carbons (Fsp3) is 0.0833. The molecular weight excluding hydrogens is 341 g/mol. The van der Waals surface area contributed by atoms with Crippen LogP contribution in [0.15, 0.2) is 28.1 Å². The summed E-state index contributed by atoms with van der Waals surface area (Å²) in [6.07, 6.45) is 0. The van der Waals surface area contributed by atoms with E-state index in [9.17, 15) is 9.18 Å². The second kappa shape index (κ2) is 5.38. The molecule has 94 valence electrons. The van der Waals surface area contributed by atoms with Crippen LogP contribution in [0.3, 0.4) is 0 Å². The van der Waals surface area contributed by atoms with E-state index in [0.29, 0.717) is 20.1 Å². The Labute approximate surface area is 121 Å². The van der Waals surface area contributed by atoms with Crippen molar-refractivity contribution in [1.82, 2.24) is 0 Å². The van der Waals surface area contributed by atoms with Crippen LogP contribution < -0.4 is 5.32 Å². The van der Waals surface area contributed by atoms with E-state index in [1.54, 1.807) is 11.4 Å². The van der Waals surface area contributed by atoms with Gasteiger partial charge in [-0.3, -0.25) is 4.79 Å². The van der Waals surface area contributed by atoms with Crippen molar-refractivity contribution >= 4 is 50.5 Å². The highest BCUT2D eigenvalue weighted by Crippen LogP contribution is 2.28. The SMILES string of the molecule is Cc1csc(C(=O)Nc2ccc(Br)c(F)c2)c1Cl. The van der Waals surface area contributed by atoms with Crippen LogP contribution >= 0.6 is 38.9 Å². The summed E-state index contributed by atoms with van der Waals surface area (Å²) in [4.78, 5) is 12.4. The summed E-state index contributed by atoms with van der Waals surface area (Å²) in [5, 5.41) is 4.85. The molecule has 1 amide bonds. The van der Waals surface area contributed by atoms with Crippen molar-refractivity contribution in [2.24, 2.45) is 0 Å². The molecule has 6 heteroatoms. The first-order chi connectivity index (χ1) is 8.49. The number of carbonyl (C=O) groups excluding carboxylic acids is 1. The number of anilines is 1. The molecule has 1 N–H and O–H groups in total. The summed E-state index contributed by atoms with van der Waals surface area (Å²) < 4.78 is 13.6.